The maximum Gasteiger partial charge on any atom is 0.133 e. The molecule has 0 heterocycles. The fourth-order valence-electron chi connectivity index (χ4n) is 4.81. The molecule has 0 aromatic heterocycles. The number of halogens is 6. The first-order chi connectivity index (χ1) is 18.1. The van der Waals surface area contributed by atoms with E-state index in [0.29, 0.717) is 17.2 Å². The largest absolute Gasteiger partial charge is 0.507 e. The summed E-state index contributed by atoms with van der Waals surface area (Å²) in [6.07, 6.45) is 0. The quantitative estimate of drug-likeness (QED) is 0.179. The highest BCUT2D eigenvalue weighted by molar-refractivity contribution is 14.1. The van der Waals surface area contributed by atoms with Crippen LogP contribution in [0.2, 0.25) is 0 Å². The van der Waals surface area contributed by atoms with Crippen LogP contribution in [0.1, 0.15) is 33.4 Å². The summed E-state index contributed by atoms with van der Waals surface area (Å²) in [5, 5.41) is 32.3. The van der Waals surface area contributed by atoms with E-state index in [1.54, 1.807) is 0 Å². The van der Waals surface area contributed by atoms with Gasteiger partial charge in [-0.1, -0.05) is 0 Å². The van der Waals surface area contributed by atoms with Crippen molar-refractivity contribution in [2.75, 3.05) is 0 Å². The summed E-state index contributed by atoms with van der Waals surface area (Å²) in [4.78, 5) is 0. The van der Waals surface area contributed by atoms with E-state index in [0.717, 1.165) is 88.2 Å². The lowest BCUT2D eigenvalue weighted by atomic mass is 9.87. The van der Waals surface area contributed by atoms with Gasteiger partial charge in [0.2, 0.25) is 0 Å². The van der Waals surface area contributed by atoms with Gasteiger partial charge in [0.15, 0.2) is 0 Å². The lowest BCUT2D eigenvalue weighted by Crippen LogP contribution is -2.01. The summed E-state index contributed by atoms with van der Waals surface area (Å²) in [7, 11) is 0. The number of rotatable bonds is 3. The molecule has 0 radical (unpaired) electrons. The number of phenolic OH excluding ortho intramolecular Hbond substituents is 3. The van der Waals surface area contributed by atoms with Gasteiger partial charge in [-0.05, 0) is 262 Å². The highest BCUT2D eigenvalue weighted by Gasteiger charge is 2.24. The zero-order valence-corrected chi connectivity index (χ0v) is 34.8. The minimum absolute atomic E-state index is 0.334. The van der Waals surface area contributed by atoms with E-state index < -0.39 is 0 Å². The molecule has 4 aromatic carbocycles. The van der Waals surface area contributed by atoms with Gasteiger partial charge in [-0.25, -0.2) is 0 Å². The van der Waals surface area contributed by atoms with Crippen LogP contribution in [-0.2, 0) is 0 Å². The second kappa shape index (κ2) is 12.3. The smallest absolute Gasteiger partial charge is 0.133 e. The number of aromatic hydroxyl groups is 3. The molecule has 0 aliphatic heterocycles. The minimum atomic E-state index is 0.334. The van der Waals surface area contributed by atoms with Crippen molar-refractivity contribution >= 4 is 136 Å². The Morgan fingerprint density at radius 2 is 0.564 bits per heavy atom. The minimum Gasteiger partial charge on any atom is -0.507 e. The third kappa shape index (κ3) is 5.56. The second-order valence-electron chi connectivity index (χ2n) is 9.60. The molecule has 4 aromatic rings. The highest BCUT2D eigenvalue weighted by atomic mass is 127. The van der Waals surface area contributed by atoms with Crippen molar-refractivity contribution in [3.05, 3.63) is 73.0 Å². The first-order valence-electron chi connectivity index (χ1n) is 11.8. The van der Waals surface area contributed by atoms with E-state index in [9.17, 15) is 15.3 Å². The van der Waals surface area contributed by atoms with Crippen LogP contribution in [0.5, 0.6) is 17.2 Å². The lowest BCUT2D eigenvalue weighted by Gasteiger charge is -2.22. The maximum absolute atomic E-state index is 10.8. The van der Waals surface area contributed by atoms with E-state index in [2.05, 4.69) is 175 Å². The van der Waals surface area contributed by atoms with Gasteiger partial charge in [0.25, 0.3) is 0 Å². The predicted octanol–water partition coefficient (Wildman–Crippen LogP) is 11.3. The number of hydrogen-bond donors (Lipinski definition) is 3. The fourth-order valence-corrected chi connectivity index (χ4v) is 9.75. The van der Waals surface area contributed by atoms with Crippen molar-refractivity contribution < 1.29 is 15.3 Å². The molecule has 0 unspecified atom stereocenters. The topological polar surface area (TPSA) is 60.7 Å². The van der Waals surface area contributed by atoms with Crippen LogP contribution < -0.4 is 0 Å². The summed E-state index contributed by atoms with van der Waals surface area (Å²) in [6, 6.07) is 6.70. The Hall–Kier alpha value is 0.660. The second-order valence-corrected chi connectivity index (χ2v) is 16.1. The van der Waals surface area contributed by atoms with Crippen LogP contribution in [0, 0.1) is 63.0 Å². The Morgan fingerprint density at radius 3 is 0.769 bits per heavy atom. The normalized spacial score (nSPS) is 11.4. The molecule has 0 aliphatic rings. The number of benzene rings is 4. The molecule has 0 saturated heterocycles. The Labute approximate surface area is 311 Å². The molecule has 0 aliphatic carbocycles. The summed E-state index contributed by atoms with van der Waals surface area (Å²) in [5.74, 6) is 1.00. The van der Waals surface area contributed by atoms with Crippen molar-refractivity contribution in [2.45, 2.75) is 41.5 Å². The third-order valence-electron chi connectivity index (χ3n) is 7.54. The van der Waals surface area contributed by atoms with Gasteiger partial charge in [0.1, 0.15) is 17.2 Å². The Balaban J connectivity index is 2.22. The third-order valence-corrected chi connectivity index (χ3v) is 17.0. The summed E-state index contributed by atoms with van der Waals surface area (Å²) in [5.41, 5.74) is 12.3. The molecular formula is C30H24I6O3. The van der Waals surface area contributed by atoms with Gasteiger partial charge in [0.05, 0.1) is 10.7 Å². The standard InChI is InChI=1S/C30H24I6O3/c1-10-13(4)28(37)25(34)22(31)19(10)16-7-17(20-11(2)14(5)29(38)26(35)23(20)32)9-18(8-16)21-12(3)15(6)30(39)27(36)24(21)33/h7-9,37-39H,1-6H3. The van der Waals surface area contributed by atoms with Gasteiger partial charge in [-0.2, -0.15) is 0 Å². The first-order valence-corrected chi connectivity index (χ1v) is 18.3. The van der Waals surface area contributed by atoms with Crippen molar-refractivity contribution in [1.82, 2.24) is 0 Å². The van der Waals surface area contributed by atoms with Crippen molar-refractivity contribution in [3.8, 4) is 50.6 Å². The fraction of sp³-hybridized carbons (Fsp3) is 0.200. The molecule has 39 heavy (non-hydrogen) atoms. The maximum atomic E-state index is 10.8. The molecule has 4 rings (SSSR count). The van der Waals surface area contributed by atoms with Gasteiger partial charge in [-0.3, -0.25) is 0 Å². The van der Waals surface area contributed by atoms with Crippen LogP contribution in [0.15, 0.2) is 18.2 Å². The van der Waals surface area contributed by atoms with Crippen LogP contribution in [0.25, 0.3) is 33.4 Å². The molecule has 0 amide bonds. The van der Waals surface area contributed by atoms with Gasteiger partial charge < -0.3 is 15.3 Å². The molecule has 0 saturated carbocycles. The zero-order valence-electron chi connectivity index (χ0n) is 21.8. The van der Waals surface area contributed by atoms with E-state index in [-0.39, 0.29) is 0 Å². The Morgan fingerprint density at radius 1 is 0.359 bits per heavy atom. The molecule has 3 nitrogen and oxygen atoms in total. The average molecular weight is 1190 g/mol. The summed E-state index contributed by atoms with van der Waals surface area (Å²) in [6.45, 7) is 12.1. The van der Waals surface area contributed by atoms with Crippen LogP contribution in [0.3, 0.4) is 0 Å². The summed E-state index contributed by atoms with van der Waals surface area (Å²) >= 11 is 13.7. The molecule has 0 fully saturated rings. The SMILES string of the molecule is Cc1c(C)c(-c2cc(-c3c(C)c(C)c(O)c(I)c3I)cc(-c3c(C)c(C)c(O)c(I)c3I)c2)c(I)c(I)c1O. The first kappa shape index (κ1) is 32.6. The monoisotopic (exact) mass is 1190 g/mol. The van der Waals surface area contributed by atoms with Crippen molar-refractivity contribution in [3.63, 3.8) is 0 Å². The lowest BCUT2D eigenvalue weighted by molar-refractivity contribution is 0.465. The van der Waals surface area contributed by atoms with E-state index in [4.69, 9.17) is 0 Å². The van der Waals surface area contributed by atoms with Gasteiger partial charge in [0, 0.05) is 10.7 Å². The van der Waals surface area contributed by atoms with E-state index >= 15 is 0 Å². The molecule has 204 valence electrons. The Bertz CT molecular complexity index is 1410. The summed E-state index contributed by atoms with van der Waals surface area (Å²) < 4.78 is 5.59. The predicted molar refractivity (Wildman–Crippen MR) is 212 cm³/mol. The Kier molecular flexibility index (Phi) is 10.3. The molecule has 9 heteroatoms. The van der Waals surface area contributed by atoms with Gasteiger partial charge >= 0.3 is 0 Å². The van der Waals surface area contributed by atoms with Crippen molar-refractivity contribution in [1.29, 1.82) is 0 Å². The van der Waals surface area contributed by atoms with Crippen LogP contribution >= 0.6 is 136 Å². The van der Waals surface area contributed by atoms with E-state index in [1.165, 1.54) is 0 Å². The highest BCUT2D eigenvalue weighted by Crippen LogP contribution is 2.47. The number of hydrogen-bond acceptors (Lipinski definition) is 3. The van der Waals surface area contributed by atoms with Crippen molar-refractivity contribution in [2.24, 2.45) is 0 Å². The zero-order chi connectivity index (χ0) is 29.2. The molecule has 0 spiro atoms. The average Bonchev–Trinajstić information content (AvgIpc) is 2.91. The van der Waals surface area contributed by atoms with Crippen LogP contribution in [0.4, 0.5) is 0 Å². The molecular weight excluding hydrogens is 1170 g/mol. The van der Waals surface area contributed by atoms with E-state index in [1.807, 2.05) is 20.8 Å². The van der Waals surface area contributed by atoms with Crippen LogP contribution in [-0.4, -0.2) is 15.3 Å². The molecule has 0 atom stereocenters. The molecule has 0 bridgehead atoms. The number of phenols is 3. The van der Waals surface area contributed by atoms with Gasteiger partial charge in [-0.15, -0.1) is 0 Å². The molecule has 3 N–H and O–H groups in total.